The van der Waals surface area contributed by atoms with E-state index in [-0.39, 0.29) is 16.3 Å². The maximum atomic E-state index is 12.8. The fourth-order valence-electron chi connectivity index (χ4n) is 2.28. The second kappa shape index (κ2) is 6.37. The number of nitrogens with zero attached hydrogens (tertiary/aromatic N) is 1. The number of hydrogen-bond acceptors (Lipinski definition) is 3. The van der Waals surface area contributed by atoms with Crippen LogP contribution in [0.1, 0.15) is 18.4 Å². The molecule has 1 fully saturated rings. The third-order valence-electron chi connectivity index (χ3n) is 3.43. The molecule has 0 aromatic heterocycles. The lowest BCUT2D eigenvalue weighted by Gasteiger charge is -2.30. The quantitative estimate of drug-likeness (QED) is 0.780. The number of alkyl halides is 3. The number of piperidine rings is 1. The van der Waals surface area contributed by atoms with Crippen molar-refractivity contribution in [3.63, 3.8) is 0 Å². The van der Waals surface area contributed by atoms with Gasteiger partial charge in [0.05, 0.1) is 16.3 Å². The second-order valence-corrected chi connectivity index (χ2v) is 7.87. The maximum Gasteiger partial charge on any atom is 0.417 e. The van der Waals surface area contributed by atoms with Gasteiger partial charge in [0, 0.05) is 13.1 Å². The van der Waals surface area contributed by atoms with Crippen molar-refractivity contribution in [2.24, 2.45) is 0 Å². The van der Waals surface area contributed by atoms with Gasteiger partial charge < -0.3 is 4.74 Å². The first-order chi connectivity index (χ1) is 10.1. The molecule has 9 heteroatoms. The summed E-state index contributed by atoms with van der Waals surface area (Å²) >= 11 is 2.94. The van der Waals surface area contributed by atoms with E-state index < -0.39 is 21.8 Å². The average molecular weight is 402 g/mol. The van der Waals surface area contributed by atoms with Gasteiger partial charge in [-0.1, -0.05) is 6.07 Å². The molecule has 2 rings (SSSR count). The Morgan fingerprint density at radius 3 is 2.36 bits per heavy atom. The van der Waals surface area contributed by atoms with Crippen LogP contribution in [0.15, 0.2) is 22.7 Å². The molecule has 0 saturated carbocycles. The molecule has 0 radical (unpaired) electrons. The van der Waals surface area contributed by atoms with Crippen molar-refractivity contribution in [1.82, 2.24) is 4.31 Å². The van der Waals surface area contributed by atoms with Crippen LogP contribution in [0.2, 0.25) is 0 Å². The molecule has 4 nitrogen and oxygen atoms in total. The molecular weight excluding hydrogens is 387 g/mol. The van der Waals surface area contributed by atoms with Gasteiger partial charge in [-0.15, -0.1) is 0 Å². The van der Waals surface area contributed by atoms with E-state index in [4.69, 9.17) is 4.74 Å². The molecule has 22 heavy (non-hydrogen) atoms. The van der Waals surface area contributed by atoms with Crippen LogP contribution in [0.4, 0.5) is 13.2 Å². The Balaban J connectivity index is 2.07. The van der Waals surface area contributed by atoms with Crippen LogP contribution in [0.3, 0.4) is 0 Å². The number of halogens is 4. The minimum absolute atomic E-state index is 0.118. The lowest BCUT2D eigenvalue weighted by atomic mass is 10.1. The third kappa shape index (κ3) is 4.14. The lowest BCUT2D eigenvalue weighted by molar-refractivity contribution is -0.138. The summed E-state index contributed by atoms with van der Waals surface area (Å²) < 4.78 is 68.1. The van der Waals surface area contributed by atoms with Gasteiger partial charge >= 0.3 is 6.18 Å². The van der Waals surface area contributed by atoms with Crippen LogP contribution in [-0.2, 0) is 16.2 Å². The van der Waals surface area contributed by atoms with E-state index in [1.807, 2.05) is 0 Å². The highest BCUT2D eigenvalue weighted by atomic mass is 79.9. The molecule has 1 aromatic carbocycles. The molecular formula is C13H15BrF3NO3S. The molecule has 1 aliphatic rings. The van der Waals surface area contributed by atoms with Crippen LogP contribution in [0.5, 0.6) is 5.75 Å². The van der Waals surface area contributed by atoms with Gasteiger partial charge in [0.25, 0.3) is 0 Å². The van der Waals surface area contributed by atoms with Crippen LogP contribution in [0.25, 0.3) is 0 Å². The standard InChI is InChI=1S/C13H15BrF3NO3S/c1-22(19,20)18-7-5-9(6-8-18)21-11-4-2-3-10(12(11)14)13(15,16)17/h2-4,9H,5-8H2,1H3. The molecule has 1 saturated heterocycles. The smallest absolute Gasteiger partial charge is 0.417 e. The molecule has 1 aliphatic heterocycles. The van der Waals surface area contributed by atoms with Crippen molar-refractivity contribution >= 4 is 26.0 Å². The summed E-state index contributed by atoms with van der Waals surface area (Å²) in [5.41, 5.74) is -0.793. The summed E-state index contributed by atoms with van der Waals surface area (Å²) in [6.45, 7) is 0.611. The molecule has 0 amide bonds. The van der Waals surface area contributed by atoms with E-state index in [1.54, 1.807) is 0 Å². The van der Waals surface area contributed by atoms with Gasteiger partial charge in [-0.25, -0.2) is 12.7 Å². The topological polar surface area (TPSA) is 46.6 Å². The van der Waals surface area contributed by atoms with E-state index in [2.05, 4.69) is 15.9 Å². The first-order valence-electron chi connectivity index (χ1n) is 6.56. The van der Waals surface area contributed by atoms with Crippen LogP contribution < -0.4 is 4.74 Å². The summed E-state index contributed by atoms with van der Waals surface area (Å²) in [6.07, 6.45) is -2.75. The second-order valence-electron chi connectivity index (χ2n) is 5.09. The third-order valence-corrected chi connectivity index (χ3v) is 5.55. The summed E-state index contributed by atoms with van der Waals surface area (Å²) in [6, 6.07) is 3.72. The highest BCUT2D eigenvalue weighted by Gasteiger charge is 2.34. The zero-order valence-electron chi connectivity index (χ0n) is 11.7. The SMILES string of the molecule is CS(=O)(=O)N1CCC(Oc2cccc(C(F)(F)F)c2Br)CC1. The van der Waals surface area contributed by atoms with E-state index >= 15 is 0 Å². The number of sulfonamides is 1. The minimum atomic E-state index is -4.46. The van der Waals surface area contributed by atoms with Gasteiger partial charge in [-0.05, 0) is 40.9 Å². The number of benzene rings is 1. The first-order valence-corrected chi connectivity index (χ1v) is 9.20. The Bertz CT molecular complexity index is 640. The molecule has 1 aromatic rings. The fourth-order valence-corrected chi connectivity index (χ4v) is 3.74. The van der Waals surface area contributed by atoms with E-state index in [0.29, 0.717) is 25.9 Å². The number of rotatable bonds is 3. The van der Waals surface area contributed by atoms with Crippen molar-refractivity contribution in [2.45, 2.75) is 25.1 Å². The summed E-state index contributed by atoms with van der Waals surface area (Å²) in [5, 5.41) is 0. The number of ether oxygens (including phenoxy) is 1. The zero-order chi connectivity index (χ0) is 16.5. The van der Waals surface area contributed by atoms with Crippen LogP contribution in [0, 0.1) is 0 Å². The molecule has 124 valence electrons. The minimum Gasteiger partial charge on any atom is -0.489 e. The summed E-state index contributed by atoms with van der Waals surface area (Å²) in [7, 11) is -3.24. The van der Waals surface area contributed by atoms with Crippen molar-refractivity contribution in [3.8, 4) is 5.75 Å². The van der Waals surface area contributed by atoms with Crippen LogP contribution in [-0.4, -0.2) is 38.2 Å². The fraction of sp³-hybridized carbons (Fsp3) is 0.538. The van der Waals surface area contributed by atoms with E-state index in [0.717, 1.165) is 12.3 Å². The number of hydrogen-bond donors (Lipinski definition) is 0. The predicted octanol–water partition coefficient (Wildman–Crippen LogP) is 3.27. The van der Waals surface area contributed by atoms with Crippen molar-refractivity contribution in [1.29, 1.82) is 0 Å². The highest BCUT2D eigenvalue weighted by molar-refractivity contribution is 9.10. The average Bonchev–Trinajstić information content (AvgIpc) is 2.39. The van der Waals surface area contributed by atoms with Crippen LogP contribution >= 0.6 is 15.9 Å². The molecule has 0 spiro atoms. The summed E-state index contributed by atoms with van der Waals surface area (Å²) in [5.74, 6) is 0.118. The normalized spacial score (nSPS) is 18.4. The molecule has 0 unspecified atom stereocenters. The molecule has 0 atom stereocenters. The predicted molar refractivity (Wildman–Crippen MR) is 79.2 cm³/mol. The first kappa shape index (κ1) is 17.6. The Morgan fingerprint density at radius 2 is 1.86 bits per heavy atom. The largest absolute Gasteiger partial charge is 0.489 e. The van der Waals surface area contributed by atoms with E-state index in [9.17, 15) is 21.6 Å². The lowest BCUT2D eigenvalue weighted by Crippen LogP contribution is -2.41. The summed E-state index contributed by atoms with van der Waals surface area (Å²) in [4.78, 5) is 0. The van der Waals surface area contributed by atoms with Crippen molar-refractivity contribution in [3.05, 3.63) is 28.2 Å². The van der Waals surface area contributed by atoms with E-state index in [1.165, 1.54) is 16.4 Å². The Morgan fingerprint density at radius 1 is 1.27 bits per heavy atom. The molecule has 0 aliphatic carbocycles. The molecule has 1 heterocycles. The van der Waals surface area contributed by atoms with Crippen molar-refractivity contribution < 1.29 is 26.3 Å². The zero-order valence-corrected chi connectivity index (χ0v) is 14.1. The van der Waals surface area contributed by atoms with Gasteiger partial charge in [0.15, 0.2) is 0 Å². The molecule has 0 bridgehead atoms. The van der Waals surface area contributed by atoms with Gasteiger partial charge in [0.1, 0.15) is 11.9 Å². The van der Waals surface area contributed by atoms with Gasteiger partial charge in [0.2, 0.25) is 10.0 Å². The Hall–Kier alpha value is -0.800. The Labute approximate surface area is 135 Å². The highest BCUT2D eigenvalue weighted by Crippen LogP contribution is 2.40. The van der Waals surface area contributed by atoms with Gasteiger partial charge in [-0.2, -0.15) is 13.2 Å². The Kier molecular flexibility index (Phi) is 5.08. The van der Waals surface area contributed by atoms with Crippen molar-refractivity contribution in [2.75, 3.05) is 19.3 Å². The monoisotopic (exact) mass is 401 g/mol. The van der Waals surface area contributed by atoms with Gasteiger partial charge in [-0.3, -0.25) is 0 Å². The molecule has 0 N–H and O–H groups in total. The maximum absolute atomic E-state index is 12.8.